The van der Waals surface area contributed by atoms with Crippen molar-refractivity contribution in [3.8, 4) is 0 Å². The Morgan fingerprint density at radius 1 is 0.791 bits per heavy atom. The topological polar surface area (TPSA) is 108 Å². The maximum absolute atomic E-state index is 12.5. The molecule has 4 spiro atoms. The lowest BCUT2D eigenvalue weighted by Crippen LogP contribution is -2.70. The third kappa shape index (κ3) is 3.60. The van der Waals surface area contributed by atoms with Crippen LogP contribution in [0.4, 0.5) is 0 Å². The van der Waals surface area contributed by atoms with Gasteiger partial charge in [-0.2, -0.15) is 0 Å². The summed E-state index contributed by atoms with van der Waals surface area (Å²) in [5.41, 5.74) is -1.34. The van der Waals surface area contributed by atoms with E-state index >= 15 is 0 Å². The van der Waals surface area contributed by atoms with Gasteiger partial charge >= 0.3 is 17.9 Å². The van der Waals surface area contributed by atoms with Crippen molar-refractivity contribution < 1.29 is 38.4 Å². The fourth-order valence-electron chi connectivity index (χ4n) is 13.7. The third-order valence-electron chi connectivity index (χ3n) is 14.8. The van der Waals surface area contributed by atoms with Gasteiger partial charge in [-0.25, -0.2) is 0 Å². The minimum absolute atomic E-state index is 0.0232. The van der Waals surface area contributed by atoms with E-state index in [1.807, 2.05) is 13.8 Å². The summed E-state index contributed by atoms with van der Waals surface area (Å²) >= 11 is 0. The van der Waals surface area contributed by atoms with Crippen molar-refractivity contribution in [2.24, 2.45) is 44.8 Å². The van der Waals surface area contributed by atoms with Gasteiger partial charge < -0.3 is 24.1 Å². The highest BCUT2D eigenvalue weighted by Gasteiger charge is 2.89. The maximum Gasteiger partial charge on any atom is 0.303 e. The molecule has 1 N–H and O–H groups in total. The molecular formula is C35H52O8. The Morgan fingerprint density at radius 3 is 2.09 bits per heavy atom. The number of fused-ring (bicyclic) bond motifs is 2. The van der Waals surface area contributed by atoms with E-state index in [9.17, 15) is 19.5 Å². The zero-order valence-electron chi connectivity index (χ0n) is 27.4. The highest BCUT2D eigenvalue weighted by atomic mass is 16.6. The molecular weight excluding hydrogens is 548 g/mol. The second kappa shape index (κ2) is 8.77. The van der Waals surface area contributed by atoms with E-state index in [0.717, 1.165) is 64.2 Å². The van der Waals surface area contributed by atoms with Crippen LogP contribution < -0.4 is 0 Å². The van der Waals surface area contributed by atoms with Crippen LogP contribution in [0.5, 0.6) is 0 Å². The molecule has 1 aliphatic heterocycles. The van der Waals surface area contributed by atoms with E-state index in [1.54, 1.807) is 0 Å². The van der Waals surface area contributed by atoms with Crippen LogP contribution in [0, 0.1) is 44.8 Å². The predicted octanol–water partition coefficient (Wildman–Crippen LogP) is 5.51. The SMILES string of the molecule is CC(=O)O[C@H]1C[C@@]2(C)[C@@H]3C[C@H](OC(C)=O)[C@H]4C(C)(C)[C@@H](O)CC[C@@]45C[C@@]35CC[C@@]23C[C@@]2(CC[C@@H](C(C)(C)OC(C)=O)O2)[C@@H]13. The van der Waals surface area contributed by atoms with Crippen LogP contribution in [-0.4, -0.2) is 58.6 Å². The molecule has 43 heavy (non-hydrogen) atoms. The Morgan fingerprint density at radius 2 is 1.44 bits per heavy atom. The zero-order valence-corrected chi connectivity index (χ0v) is 27.4. The fraction of sp³-hybridized carbons (Fsp3) is 0.914. The quantitative estimate of drug-likeness (QED) is 0.332. The second-order valence-electron chi connectivity index (χ2n) is 17.3. The molecule has 7 aliphatic rings. The summed E-state index contributed by atoms with van der Waals surface area (Å²) in [6.07, 6.45) is 8.26. The van der Waals surface area contributed by atoms with Crippen molar-refractivity contribution in [1.29, 1.82) is 0 Å². The van der Waals surface area contributed by atoms with Gasteiger partial charge in [-0.05, 0) is 111 Å². The summed E-state index contributed by atoms with van der Waals surface area (Å²) in [6.45, 7) is 15.2. The lowest BCUT2D eigenvalue weighted by atomic mass is 9.35. The average Bonchev–Trinajstić information content (AvgIpc) is 3.15. The molecule has 0 radical (unpaired) electrons. The molecule has 6 aliphatic carbocycles. The smallest absolute Gasteiger partial charge is 0.303 e. The molecule has 0 bridgehead atoms. The first-order chi connectivity index (χ1) is 19.9. The Balaban J connectivity index is 1.26. The number of aliphatic hydroxyl groups excluding tert-OH is 1. The fourth-order valence-corrected chi connectivity index (χ4v) is 13.7. The number of carbonyl (C=O) groups excluding carboxylic acids is 3. The molecule has 12 atom stereocenters. The summed E-state index contributed by atoms with van der Waals surface area (Å²) in [4.78, 5) is 37.0. The van der Waals surface area contributed by atoms with Gasteiger partial charge in [0, 0.05) is 32.6 Å². The number of hydrogen-bond acceptors (Lipinski definition) is 8. The lowest BCUT2D eigenvalue weighted by Gasteiger charge is -2.70. The molecule has 0 unspecified atom stereocenters. The molecule has 0 aromatic rings. The van der Waals surface area contributed by atoms with E-state index in [1.165, 1.54) is 20.8 Å². The van der Waals surface area contributed by atoms with Crippen molar-refractivity contribution in [3.63, 3.8) is 0 Å². The molecule has 7 fully saturated rings. The van der Waals surface area contributed by atoms with Crippen LogP contribution in [0.15, 0.2) is 0 Å². The Hall–Kier alpha value is -1.67. The molecule has 0 amide bonds. The normalized spacial score (nSPS) is 52.0. The molecule has 8 heteroatoms. The van der Waals surface area contributed by atoms with Crippen LogP contribution in [0.2, 0.25) is 0 Å². The largest absolute Gasteiger partial charge is 0.462 e. The first-order valence-electron chi connectivity index (χ1n) is 16.8. The molecule has 6 saturated carbocycles. The van der Waals surface area contributed by atoms with E-state index in [-0.39, 0.29) is 75.1 Å². The molecule has 1 heterocycles. The Labute approximate surface area is 256 Å². The lowest BCUT2D eigenvalue weighted by molar-refractivity contribution is -0.292. The summed E-state index contributed by atoms with van der Waals surface area (Å²) < 4.78 is 25.1. The standard InChI is InChI=1S/C35H52O8/c1-19(36)40-22-15-24-31(8)16-23(41-20(2)37)28-33(31,18-35(28)12-10-26(43-35)30(6,7)42-21(3)38)14-13-32(24)17-34(32)11-9-25(39)29(4,5)27(22)34/h22-28,39H,9-18H2,1-8H3/t22-,23-,24-,25-,26-,27-,28-,31-,32-,33-,34+,35-/m0/s1. The molecule has 7 rings (SSSR count). The van der Waals surface area contributed by atoms with Crippen molar-refractivity contribution in [1.82, 2.24) is 0 Å². The average molecular weight is 601 g/mol. The maximum atomic E-state index is 12.5. The van der Waals surface area contributed by atoms with Crippen LogP contribution in [0.1, 0.15) is 120 Å². The molecule has 1 saturated heterocycles. The molecule has 0 aromatic heterocycles. The number of aliphatic hydroxyl groups is 1. The second-order valence-corrected chi connectivity index (χ2v) is 17.3. The number of carbonyl (C=O) groups is 3. The minimum atomic E-state index is -0.734. The van der Waals surface area contributed by atoms with Gasteiger partial charge in [0.15, 0.2) is 0 Å². The predicted molar refractivity (Wildman–Crippen MR) is 156 cm³/mol. The van der Waals surface area contributed by atoms with Gasteiger partial charge in [0.25, 0.3) is 0 Å². The monoisotopic (exact) mass is 600 g/mol. The Bertz CT molecular complexity index is 1260. The van der Waals surface area contributed by atoms with Crippen LogP contribution in [-0.2, 0) is 33.3 Å². The number of hydrogen-bond donors (Lipinski definition) is 1. The van der Waals surface area contributed by atoms with Crippen LogP contribution in [0.25, 0.3) is 0 Å². The number of ether oxygens (including phenoxy) is 4. The van der Waals surface area contributed by atoms with Crippen molar-refractivity contribution in [2.45, 2.75) is 155 Å². The van der Waals surface area contributed by atoms with Crippen LogP contribution in [0.3, 0.4) is 0 Å². The van der Waals surface area contributed by atoms with E-state index < -0.39 is 17.3 Å². The van der Waals surface area contributed by atoms with Gasteiger partial charge in [0.05, 0.1) is 17.8 Å². The van der Waals surface area contributed by atoms with Gasteiger partial charge in [-0.1, -0.05) is 20.8 Å². The summed E-state index contributed by atoms with van der Waals surface area (Å²) in [5.74, 6) is -0.230. The molecule has 8 nitrogen and oxygen atoms in total. The van der Waals surface area contributed by atoms with Crippen molar-refractivity contribution >= 4 is 17.9 Å². The van der Waals surface area contributed by atoms with E-state index in [0.29, 0.717) is 5.92 Å². The van der Waals surface area contributed by atoms with Gasteiger partial charge in [-0.15, -0.1) is 0 Å². The first-order valence-corrected chi connectivity index (χ1v) is 16.8. The minimum Gasteiger partial charge on any atom is -0.462 e. The number of rotatable bonds is 4. The van der Waals surface area contributed by atoms with E-state index in [2.05, 4.69) is 20.8 Å². The third-order valence-corrected chi connectivity index (χ3v) is 14.8. The van der Waals surface area contributed by atoms with Crippen LogP contribution >= 0.6 is 0 Å². The van der Waals surface area contributed by atoms with Gasteiger partial charge in [-0.3, -0.25) is 14.4 Å². The summed E-state index contributed by atoms with van der Waals surface area (Å²) in [7, 11) is 0. The van der Waals surface area contributed by atoms with Gasteiger partial charge in [0.2, 0.25) is 0 Å². The number of esters is 3. The van der Waals surface area contributed by atoms with Gasteiger partial charge in [0.1, 0.15) is 17.8 Å². The molecule has 0 aromatic carbocycles. The first kappa shape index (κ1) is 30.0. The summed E-state index contributed by atoms with van der Waals surface area (Å²) in [5, 5.41) is 11.2. The van der Waals surface area contributed by atoms with Crippen molar-refractivity contribution in [2.75, 3.05) is 0 Å². The highest BCUT2D eigenvalue weighted by Crippen LogP contribution is 2.91. The van der Waals surface area contributed by atoms with E-state index in [4.69, 9.17) is 18.9 Å². The van der Waals surface area contributed by atoms with Crippen molar-refractivity contribution in [3.05, 3.63) is 0 Å². The Kier molecular flexibility index (Phi) is 6.12. The highest BCUT2D eigenvalue weighted by molar-refractivity contribution is 5.67. The molecule has 240 valence electrons. The zero-order chi connectivity index (χ0) is 31.2. The summed E-state index contributed by atoms with van der Waals surface area (Å²) in [6, 6.07) is 0.